The molecule has 3 rings (SSSR count). The monoisotopic (exact) mass is 372 g/mol. The molecule has 146 valence electrons. The fraction of sp³-hybridized carbons (Fsp3) is 0.778. The van der Waals surface area contributed by atoms with Crippen LogP contribution in [-0.4, -0.2) is 46.0 Å². The lowest BCUT2D eigenvalue weighted by Gasteiger charge is -2.36. The number of amides is 2. The third-order valence-corrected chi connectivity index (χ3v) is 5.69. The van der Waals surface area contributed by atoms with Crippen molar-refractivity contribution < 1.29 is 18.0 Å². The normalized spacial score (nSPS) is 25.3. The molecule has 1 aromatic rings. The summed E-state index contributed by atoms with van der Waals surface area (Å²) in [6.45, 7) is 1.25. The first-order chi connectivity index (χ1) is 12.3. The number of hydrogen-bond acceptors (Lipinski definition) is 2. The van der Waals surface area contributed by atoms with Crippen molar-refractivity contribution >= 4 is 6.03 Å². The Labute approximate surface area is 151 Å². The molecule has 1 N–H and O–H groups in total. The van der Waals surface area contributed by atoms with E-state index in [-0.39, 0.29) is 12.1 Å². The van der Waals surface area contributed by atoms with Crippen LogP contribution in [0, 0.1) is 5.92 Å². The number of aryl methyl sites for hydroxylation is 1. The topological polar surface area (TPSA) is 50.2 Å². The molecule has 2 amide bonds. The summed E-state index contributed by atoms with van der Waals surface area (Å²) in [7, 11) is 1.88. The second kappa shape index (κ2) is 7.88. The smallest absolute Gasteiger partial charge is 0.335 e. The molecule has 0 unspecified atom stereocenters. The molecule has 1 aliphatic carbocycles. The van der Waals surface area contributed by atoms with E-state index in [1.54, 1.807) is 9.58 Å². The van der Waals surface area contributed by atoms with E-state index < -0.39 is 18.5 Å². The van der Waals surface area contributed by atoms with E-state index in [9.17, 15) is 18.0 Å². The number of likely N-dealkylation sites (tertiary alicyclic amines) is 1. The fourth-order valence-electron chi connectivity index (χ4n) is 4.26. The zero-order valence-corrected chi connectivity index (χ0v) is 15.1. The molecule has 2 fully saturated rings. The molecule has 8 heteroatoms. The van der Waals surface area contributed by atoms with E-state index >= 15 is 0 Å². The van der Waals surface area contributed by atoms with Gasteiger partial charge < -0.3 is 10.2 Å². The lowest BCUT2D eigenvalue weighted by molar-refractivity contribution is -0.148. The quantitative estimate of drug-likeness (QED) is 0.877. The lowest BCUT2D eigenvalue weighted by atomic mass is 9.82. The van der Waals surface area contributed by atoms with Crippen molar-refractivity contribution in [1.29, 1.82) is 0 Å². The van der Waals surface area contributed by atoms with E-state index in [2.05, 4.69) is 10.4 Å². The molecule has 0 spiro atoms. The fourth-order valence-corrected chi connectivity index (χ4v) is 4.26. The Morgan fingerprint density at radius 1 is 1.23 bits per heavy atom. The average molecular weight is 372 g/mol. The first-order valence-corrected chi connectivity index (χ1v) is 9.42. The second-order valence-corrected chi connectivity index (χ2v) is 7.63. The van der Waals surface area contributed by atoms with E-state index in [4.69, 9.17) is 0 Å². The van der Waals surface area contributed by atoms with Gasteiger partial charge in [0.05, 0.1) is 6.20 Å². The van der Waals surface area contributed by atoms with Crippen LogP contribution >= 0.6 is 0 Å². The molecule has 0 bridgehead atoms. The largest absolute Gasteiger partial charge is 0.389 e. The van der Waals surface area contributed by atoms with Gasteiger partial charge in [0.2, 0.25) is 0 Å². The Morgan fingerprint density at radius 2 is 1.92 bits per heavy atom. The second-order valence-electron chi connectivity index (χ2n) is 7.63. The van der Waals surface area contributed by atoms with E-state index in [1.165, 1.54) is 5.56 Å². The van der Waals surface area contributed by atoms with Gasteiger partial charge in [-0.2, -0.15) is 18.3 Å². The van der Waals surface area contributed by atoms with Crippen LogP contribution in [0.2, 0.25) is 0 Å². The van der Waals surface area contributed by atoms with Gasteiger partial charge in [0, 0.05) is 38.8 Å². The minimum Gasteiger partial charge on any atom is -0.335 e. The summed E-state index contributed by atoms with van der Waals surface area (Å²) in [5, 5.41) is 7.08. The number of carbonyl (C=O) groups excluding carboxylic acids is 1. The number of hydrogen-bond donors (Lipinski definition) is 1. The summed E-state index contributed by atoms with van der Waals surface area (Å²) in [6.07, 6.45) is 3.46. The Morgan fingerprint density at radius 3 is 2.54 bits per heavy atom. The zero-order valence-electron chi connectivity index (χ0n) is 15.1. The lowest BCUT2D eigenvalue weighted by Crippen LogP contribution is -2.51. The molecule has 2 heterocycles. The molecule has 0 radical (unpaired) electrons. The predicted molar refractivity (Wildman–Crippen MR) is 91.7 cm³/mol. The zero-order chi connectivity index (χ0) is 18.7. The van der Waals surface area contributed by atoms with Crippen LogP contribution in [-0.2, 0) is 7.05 Å². The standard InChI is InChI=1S/C18H27F3N4O/c1-24-12-15(11-22-24)13-6-8-25(9-7-13)17(26)23-16-5-3-2-4-14(16)10-18(19,20)21/h11-14,16H,2-10H2,1H3,(H,23,26)/t14-,16-/m0/s1. The average Bonchev–Trinajstić information content (AvgIpc) is 3.02. The summed E-state index contributed by atoms with van der Waals surface area (Å²) in [5.41, 5.74) is 1.19. The molecule has 0 aromatic carbocycles. The molecule has 26 heavy (non-hydrogen) atoms. The summed E-state index contributed by atoms with van der Waals surface area (Å²) in [6, 6.07) is -0.581. The van der Waals surface area contributed by atoms with Crippen LogP contribution in [0.1, 0.15) is 56.4 Å². The molecule has 1 saturated carbocycles. The maximum Gasteiger partial charge on any atom is 0.389 e. The highest BCUT2D eigenvalue weighted by Gasteiger charge is 2.38. The highest BCUT2D eigenvalue weighted by molar-refractivity contribution is 5.74. The van der Waals surface area contributed by atoms with E-state index in [1.807, 2.05) is 19.4 Å². The third-order valence-electron chi connectivity index (χ3n) is 5.69. The number of carbonyl (C=O) groups is 1. The molecular weight excluding hydrogens is 345 g/mol. The molecule has 5 nitrogen and oxygen atoms in total. The van der Waals surface area contributed by atoms with Crippen molar-refractivity contribution in [3.8, 4) is 0 Å². The van der Waals surface area contributed by atoms with Crippen molar-refractivity contribution in [3.05, 3.63) is 18.0 Å². The van der Waals surface area contributed by atoms with Crippen LogP contribution in [0.15, 0.2) is 12.4 Å². The van der Waals surface area contributed by atoms with Crippen LogP contribution in [0.3, 0.4) is 0 Å². The van der Waals surface area contributed by atoms with Crippen molar-refractivity contribution in [2.45, 2.75) is 63.1 Å². The van der Waals surface area contributed by atoms with Crippen molar-refractivity contribution in [2.24, 2.45) is 13.0 Å². The van der Waals surface area contributed by atoms with E-state index in [0.717, 1.165) is 25.7 Å². The maximum atomic E-state index is 12.8. The number of aromatic nitrogens is 2. The molecule has 2 atom stereocenters. The predicted octanol–water partition coefficient (Wildman–Crippen LogP) is 3.82. The Bertz CT molecular complexity index is 608. The Hall–Kier alpha value is -1.73. The van der Waals surface area contributed by atoms with Crippen LogP contribution in [0.4, 0.5) is 18.0 Å². The van der Waals surface area contributed by atoms with Crippen molar-refractivity contribution in [2.75, 3.05) is 13.1 Å². The molecule has 1 aromatic heterocycles. The molecule has 1 saturated heterocycles. The molecule has 1 aliphatic heterocycles. The number of alkyl halides is 3. The first-order valence-electron chi connectivity index (χ1n) is 9.42. The maximum absolute atomic E-state index is 12.8. The van der Waals surface area contributed by atoms with Gasteiger partial charge in [-0.1, -0.05) is 12.8 Å². The number of rotatable bonds is 3. The van der Waals surface area contributed by atoms with Crippen LogP contribution < -0.4 is 5.32 Å². The summed E-state index contributed by atoms with van der Waals surface area (Å²) in [4.78, 5) is 14.3. The number of halogens is 3. The summed E-state index contributed by atoms with van der Waals surface area (Å²) < 4.78 is 40.1. The van der Waals surface area contributed by atoms with Crippen LogP contribution in [0.25, 0.3) is 0 Å². The third kappa shape index (κ3) is 4.92. The number of nitrogens with zero attached hydrogens (tertiary/aromatic N) is 3. The Balaban J connectivity index is 1.51. The van der Waals surface area contributed by atoms with Gasteiger partial charge in [-0.3, -0.25) is 4.68 Å². The number of urea groups is 1. The summed E-state index contributed by atoms with van der Waals surface area (Å²) >= 11 is 0. The van der Waals surface area contributed by atoms with Crippen LogP contribution in [0.5, 0.6) is 0 Å². The van der Waals surface area contributed by atoms with Gasteiger partial charge in [0.25, 0.3) is 0 Å². The van der Waals surface area contributed by atoms with Crippen molar-refractivity contribution in [3.63, 3.8) is 0 Å². The molecular formula is C18H27F3N4O. The number of piperidine rings is 1. The minimum atomic E-state index is -4.17. The highest BCUT2D eigenvalue weighted by atomic mass is 19.4. The van der Waals surface area contributed by atoms with Gasteiger partial charge in [-0.25, -0.2) is 4.79 Å². The van der Waals surface area contributed by atoms with Gasteiger partial charge in [-0.15, -0.1) is 0 Å². The molecule has 2 aliphatic rings. The van der Waals surface area contributed by atoms with E-state index in [0.29, 0.717) is 31.8 Å². The van der Waals surface area contributed by atoms with Gasteiger partial charge in [-0.05, 0) is 43.1 Å². The van der Waals surface area contributed by atoms with Gasteiger partial charge >= 0.3 is 12.2 Å². The summed E-state index contributed by atoms with van der Waals surface area (Å²) in [5.74, 6) is -0.110. The van der Waals surface area contributed by atoms with Gasteiger partial charge in [0.1, 0.15) is 0 Å². The van der Waals surface area contributed by atoms with Crippen molar-refractivity contribution in [1.82, 2.24) is 20.0 Å². The highest BCUT2D eigenvalue weighted by Crippen LogP contribution is 2.34. The Kier molecular flexibility index (Phi) is 5.77. The number of nitrogens with one attached hydrogen (secondary N) is 1. The first kappa shape index (κ1) is 19.0. The van der Waals surface area contributed by atoms with Gasteiger partial charge in [0.15, 0.2) is 0 Å². The SMILES string of the molecule is Cn1cc(C2CCN(C(=O)N[C@H]3CCCC[C@H]3CC(F)(F)F)CC2)cn1. The minimum absolute atomic E-state index is 0.214.